The Hall–Kier alpha value is -2.60. The fourth-order valence-electron chi connectivity index (χ4n) is 2.53. The number of methoxy groups -OCH3 is 1. The summed E-state index contributed by atoms with van der Waals surface area (Å²) in [6.07, 6.45) is 1.19. The molecule has 0 N–H and O–H groups in total. The molecule has 5 nitrogen and oxygen atoms in total. The lowest BCUT2D eigenvalue weighted by atomic mass is 9.99. The van der Waals surface area contributed by atoms with Crippen molar-refractivity contribution in [2.75, 3.05) is 13.4 Å². The van der Waals surface area contributed by atoms with Crippen LogP contribution in [0.4, 0.5) is 0 Å². The molecule has 1 aromatic heterocycles. The molecule has 0 saturated heterocycles. The molecule has 3 aromatic rings. The zero-order valence-electron chi connectivity index (χ0n) is 13.6. The van der Waals surface area contributed by atoms with Crippen molar-refractivity contribution in [2.45, 2.75) is 11.8 Å². The Labute approximate surface area is 140 Å². The van der Waals surface area contributed by atoms with Gasteiger partial charge in [0.2, 0.25) is 0 Å². The summed E-state index contributed by atoms with van der Waals surface area (Å²) in [7, 11) is -1.61. The third-order valence-electron chi connectivity index (χ3n) is 3.80. The predicted molar refractivity (Wildman–Crippen MR) is 91.8 cm³/mol. The quantitative estimate of drug-likeness (QED) is 0.722. The van der Waals surface area contributed by atoms with Gasteiger partial charge in [0, 0.05) is 11.8 Å². The average Bonchev–Trinajstić information content (AvgIpc) is 2.96. The van der Waals surface area contributed by atoms with Crippen molar-refractivity contribution in [3.05, 3.63) is 54.3 Å². The van der Waals surface area contributed by atoms with Crippen LogP contribution in [0.2, 0.25) is 0 Å². The van der Waals surface area contributed by atoms with E-state index >= 15 is 0 Å². The second kappa shape index (κ2) is 6.13. The van der Waals surface area contributed by atoms with Crippen LogP contribution in [-0.4, -0.2) is 26.9 Å². The van der Waals surface area contributed by atoms with E-state index in [0.29, 0.717) is 11.5 Å². The molecule has 0 saturated carbocycles. The molecule has 1 heterocycles. The Morgan fingerprint density at radius 3 is 2.08 bits per heavy atom. The number of rotatable bonds is 4. The Morgan fingerprint density at radius 1 is 0.958 bits per heavy atom. The van der Waals surface area contributed by atoms with Crippen molar-refractivity contribution in [1.29, 1.82) is 0 Å². The van der Waals surface area contributed by atoms with Crippen molar-refractivity contribution < 1.29 is 17.7 Å². The van der Waals surface area contributed by atoms with E-state index in [1.54, 1.807) is 31.4 Å². The van der Waals surface area contributed by atoms with Crippen molar-refractivity contribution in [3.8, 4) is 28.1 Å². The van der Waals surface area contributed by atoms with E-state index < -0.39 is 9.84 Å². The second-order valence-corrected chi connectivity index (χ2v) is 7.50. The van der Waals surface area contributed by atoms with Crippen molar-refractivity contribution in [1.82, 2.24) is 5.16 Å². The first kappa shape index (κ1) is 16.3. The van der Waals surface area contributed by atoms with Crippen molar-refractivity contribution in [2.24, 2.45) is 0 Å². The van der Waals surface area contributed by atoms with Gasteiger partial charge in [0.15, 0.2) is 9.84 Å². The number of aryl methyl sites for hydroxylation is 1. The van der Waals surface area contributed by atoms with Gasteiger partial charge in [-0.15, -0.1) is 0 Å². The van der Waals surface area contributed by atoms with Crippen LogP contribution in [0.1, 0.15) is 5.76 Å². The molecule has 0 aliphatic rings. The Morgan fingerprint density at radius 2 is 1.54 bits per heavy atom. The number of nitrogens with zero attached hydrogens (tertiary/aromatic N) is 1. The number of hydrogen-bond acceptors (Lipinski definition) is 5. The van der Waals surface area contributed by atoms with Crippen LogP contribution in [0.3, 0.4) is 0 Å². The number of sulfone groups is 1. The van der Waals surface area contributed by atoms with Gasteiger partial charge in [0.1, 0.15) is 17.2 Å². The molecule has 0 spiro atoms. The molecule has 0 atom stereocenters. The summed E-state index contributed by atoms with van der Waals surface area (Å²) in [5.74, 6) is 1.44. The van der Waals surface area contributed by atoms with E-state index in [2.05, 4.69) is 5.16 Å². The maximum atomic E-state index is 11.6. The SMILES string of the molecule is COc1ccc(-c2noc(C)c2-c2ccc(S(C)(=O)=O)cc2)cc1. The van der Waals surface area contributed by atoms with Crippen LogP contribution in [0.5, 0.6) is 5.75 Å². The highest BCUT2D eigenvalue weighted by Crippen LogP contribution is 2.35. The van der Waals surface area contributed by atoms with Crippen molar-refractivity contribution in [3.63, 3.8) is 0 Å². The molecule has 0 amide bonds. The van der Waals surface area contributed by atoms with Crippen LogP contribution < -0.4 is 4.74 Å². The summed E-state index contributed by atoms with van der Waals surface area (Å²) in [6.45, 7) is 1.83. The monoisotopic (exact) mass is 343 g/mol. The molecule has 6 heteroatoms. The molecule has 0 aliphatic heterocycles. The lowest BCUT2D eigenvalue weighted by Gasteiger charge is -2.05. The highest BCUT2D eigenvalue weighted by atomic mass is 32.2. The molecular formula is C18H17NO4S. The smallest absolute Gasteiger partial charge is 0.175 e. The van der Waals surface area contributed by atoms with E-state index in [9.17, 15) is 8.42 Å². The van der Waals surface area contributed by atoms with E-state index in [0.717, 1.165) is 22.4 Å². The average molecular weight is 343 g/mol. The van der Waals surface area contributed by atoms with E-state index in [1.165, 1.54) is 6.26 Å². The van der Waals surface area contributed by atoms with Gasteiger partial charge in [0.25, 0.3) is 0 Å². The number of hydrogen-bond donors (Lipinski definition) is 0. The van der Waals surface area contributed by atoms with E-state index in [4.69, 9.17) is 9.26 Å². The lowest BCUT2D eigenvalue weighted by molar-refractivity contribution is 0.400. The molecule has 0 unspecified atom stereocenters. The first-order chi connectivity index (χ1) is 11.4. The number of ether oxygens (including phenoxy) is 1. The van der Waals surface area contributed by atoms with Crippen LogP contribution in [0.25, 0.3) is 22.4 Å². The molecule has 0 aliphatic carbocycles. The summed E-state index contributed by atoms with van der Waals surface area (Å²) in [5.41, 5.74) is 3.31. The first-order valence-electron chi connectivity index (χ1n) is 7.31. The third kappa shape index (κ3) is 3.05. The summed E-state index contributed by atoms with van der Waals surface area (Å²) < 4.78 is 33.7. The van der Waals surface area contributed by atoms with Crippen LogP contribution in [0, 0.1) is 6.92 Å². The topological polar surface area (TPSA) is 69.4 Å². The van der Waals surface area contributed by atoms with E-state index in [-0.39, 0.29) is 4.90 Å². The molecule has 0 radical (unpaired) electrons. The largest absolute Gasteiger partial charge is 0.497 e. The van der Waals surface area contributed by atoms with Gasteiger partial charge in [0.05, 0.1) is 17.6 Å². The van der Waals surface area contributed by atoms with E-state index in [1.807, 2.05) is 31.2 Å². The number of aromatic nitrogens is 1. The highest BCUT2D eigenvalue weighted by Gasteiger charge is 2.17. The minimum atomic E-state index is -3.22. The molecular weight excluding hydrogens is 326 g/mol. The van der Waals surface area contributed by atoms with Crippen LogP contribution in [0.15, 0.2) is 57.9 Å². The molecule has 124 valence electrons. The highest BCUT2D eigenvalue weighted by molar-refractivity contribution is 7.90. The predicted octanol–water partition coefficient (Wildman–Crippen LogP) is 3.73. The number of benzene rings is 2. The van der Waals surface area contributed by atoms with Gasteiger partial charge < -0.3 is 9.26 Å². The van der Waals surface area contributed by atoms with Crippen molar-refractivity contribution >= 4 is 9.84 Å². The van der Waals surface area contributed by atoms with Gasteiger partial charge in [-0.1, -0.05) is 17.3 Å². The minimum absolute atomic E-state index is 0.284. The van der Waals surface area contributed by atoms with Gasteiger partial charge in [-0.25, -0.2) is 8.42 Å². The third-order valence-corrected chi connectivity index (χ3v) is 4.93. The summed E-state index contributed by atoms with van der Waals surface area (Å²) in [6, 6.07) is 14.2. The Bertz CT molecular complexity index is 955. The zero-order valence-corrected chi connectivity index (χ0v) is 14.4. The summed E-state index contributed by atoms with van der Waals surface area (Å²) in [5, 5.41) is 4.15. The summed E-state index contributed by atoms with van der Waals surface area (Å²) in [4.78, 5) is 0.284. The fraction of sp³-hybridized carbons (Fsp3) is 0.167. The fourth-order valence-corrected chi connectivity index (χ4v) is 3.16. The van der Waals surface area contributed by atoms with Crippen LogP contribution in [-0.2, 0) is 9.84 Å². The molecule has 3 rings (SSSR count). The molecule has 0 fully saturated rings. The normalized spacial score (nSPS) is 11.5. The van der Waals surface area contributed by atoms with Gasteiger partial charge in [-0.3, -0.25) is 0 Å². The molecule has 2 aromatic carbocycles. The second-order valence-electron chi connectivity index (χ2n) is 5.49. The minimum Gasteiger partial charge on any atom is -0.497 e. The van der Waals surface area contributed by atoms with Gasteiger partial charge in [-0.2, -0.15) is 0 Å². The first-order valence-corrected chi connectivity index (χ1v) is 9.20. The maximum Gasteiger partial charge on any atom is 0.175 e. The molecule has 24 heavy (non-hydrogen) atoms. The maximum absolute atomic E-state index is 11.6. The standard InChI is InChI=1S/C18H17NO4S/c1-12-17(13-6-10-16(11-7-13)24(3,20)21)18(19-23-12)14-4-8-15(22-2)9-5-14/h4-11H,1-3H3. The summed E-state index contributed by atoms with van der Waals surface area (Å²) >= 11 is 0. The molecule has 0 bridgehead atoms. The van der Waals surface area contributed by atoms with Crippen LogP contribution >= 0.6 is 0 Å². The zero-order chi connectivity index (χ0) is 17.3. The van der Waals surface area contributed by atoms with Gasteiger partial charge >= 0.3 is 0 Å². The lowest BCUT2D eigenvalue weighted by Crippen LogP contribution is -1.96. The van der Waals surface area contributed by atoms with Gasteiger partial charge in [-0.05, 0) is 48.9 Å². The Balaban J connectivity index is 2.07. The Kier molecular flexibility index (Phi) is 4.15.